The molecule has 26 heavy (non-hydrogen) atoms. The van der Waals surface area contributed by atoms with E-state index < -0.39 is 49.5 Å². The summed E-state index contributed by atoms with van der Waals surface area (Å²) in [5.74, 6) is -2.50. The topological polar surface area (TPSA) is 104 Å². The van der Waals surface area contributed by atoms with Crippen molar-refractivity contribution in [2.75, 3.05) is 19.6 Å². The fraction of sp³-hybridized carbons (Fsp3) is 0.429. The monoisotopic (exact) mass is 414 g/mol. The van der Waals surface area contributed by atoms with Crippen molar-refractivity contribution in [1.29, 1.82) is 0 Å². The molecular weight excluding hydrogens is 401 g/mol. The second-order valence-electron chi connectivity index (χ2n) is 5.59. The number of carboxylic acid groups (broad SMARTS) is 1. The molecule has 2 N–H and O–H groups in total. The molecule has 0 aromatic heterocycles. The van der Waals surface area contributed by atoms with Gasteiger partial charge < -0.3 is 10.0 Å². The average molecular weight is 415 g/mol. The number of aliphatic carboxylic acids is 1. The molecule has 1 aliphatic rings. The van der Waals surface area contributed by atoms with Crippen LogP contribution in [-0.2, 0) is 25.8 Å². The lowest BCUT2D eigenvalue weighted by molar-refractivity contribution is -0.141. The van der Waals surface area contributed by atoms with E-state index in [0.29, 0.717) is 6.07 Å². The summed E-state index contributed by atoms with van der Waals surface area (Å²) in [6, 6.07) is 2.60. The minimum atomic E-state index is -4.92. The number of nitrogens with one attached hydrogen (secondary N) is 1. The summed E-state index contributed by atoms with van der Waals surface area (Å²) in [6.45, 7) is -0.646. The first-order valence-electron chi connectivity index (χ1n) is 7.29. The quantitative estimate of drug-likeness (QED) is 0.735. The number of likely N-dealkylation sites (tertiary alicyclic amines) is 1. The number of nitrogens with zero attached hydrogens (tertiary/aromatic N) is 1. The van der Waals surface area contributed by atoms with Gasteiger partial charge >= 0.3 is 12.1 Å². The van der Waals surface area contributed by atoms with E-state index >= 15 is 0 Å². The van der Waals surface area contributed by atoms with Gasteiger partial charge in [0.05, 0.1) is 16.5 Å². The number of hydrogen-bond acceptors (Lipinski definition) is 4. The van der Waals surface area contributed by atoms with Gasteiger partial charge in [-0.15, -0.1) is 0 Å². The molecule has 12 heteroatoms. The van der Waals surface area contributed by atoms with E-state index in [0.717, 1.165) is 17.0 Å². The molecule has 0 spiro atoms. The summed E-state index contributed by atoms with van der Waals surface area (Å²) in [5, 5.41) is 8.29. The van der Waals surface area contributed by atoms with Crippen molar-refractivity contribution in [3.8, 4) is 0 Å². The lowest BCUT2D eigenvalue weighted by Crippen LogP contribution is -2.36. The zero-order chi connectivity index (χ0) is 19.7. The zero-order valence-electron chi connectivity index (χ0n) is 13.1. The van der Waals surface area contributed by atoms with E-state index in [4.69, 9.17) is 16.7 Å². The molecule has 1 aromatic carbocycles. The number of rotatable bonds is 6. The molecule has 144 valence electrons. The van der Waals surface area contributed by atoms with Gasteiger partial charge in [0.15, 0.2) is 0 Å². The highest BCUT2D eigenvalue weighted by Crippen LogP contribution is 2.37. The fourth-order valence-corrected chi connectivity index (χ4v) is 4.33. The Bertz CT molecular complexity index is 828. The first-order chi connectivity index (χ1) is 11.9. The lowest BCUT2D eigenvalue weighted by atomic mass is 10.1. The number of halogens is 4. The number of carbonyl (C=O) groups is 2. The smallest absolute Gasteiger partial charge is 0.417 e. The first-order valence-corrected chi connectivity index (χ1v) is 9.15. The molecule has 0 saturated carbocycles. The van der Waals surface area contributed by atoms with E-state index in [1.54, 1.807) is 0 Å². The Morgan fingerprint density at radius 1 is 1.38 bits per heavy atom. The van der Waals surface area contributed by atoms with Crippen LogP contribution in [0.1, 0.15) is 12.0 Å². The van der Waals surface area contributed by atoms with Gasteiger partial charge in [-0.1, -0.05) is 17.7 Å². The van der Waals surface area contributed by atoms with Crippen LogP contribution in [0.4, 0.5) is 13.2 Å². The molecule has 1 aliphatic heterocycles. The number of amides is 1. The van der Waals surface area contributed by atoms with Crippen LogP contribution in [0.25, 0.3) is 0 Å². The fourth-order valence-electron chi connectivity index (χ4n) is 2.55. The molecule has 1 heterocycles. The standard InChI is InChI=1S/C14H14ClF3N2O5S/c15-10-3-1-2-9(14(16,17)18)12(10)26(24,25)19-4-5-20-7-8(13(22)23)6-11(20)21/h1-3,8,19H,4-7H2,(H,22,23). The van der Waals surface area contributed by atoms with Crippen molar-refractivity contribution in [3.05, 3.63) is 28.8 Å². The SMILES string of the molecule is O=C(O)C1CC(=O)N(CCNS(=O)(=O)c2c(Cl)cccc2C(F)(F)F)C1. The van der Waals surface area contributed by atoms with Gasteiger partial charge in [0.25, 0.3) is 0 Å². The van der Waals surface area contributed by atoms with Crippen LogP contribution in [0.15, 0.2) is 23.1 Å². The molecule has 1 fully saturated rings. The van der Waals surface area contributed by atoms with Gasteiger partial charge in [-0.2, -0.15) is 13.2 Å². The Hall–Kier alpha value is -1.85. The number of sulfonamides is 1. The van der Waals surface area contributed by atoms with E-state index in [-0.39, 0.29) is 26.1 Å². The van der Waals surface area contributed by atoms with Crippen LogP contribution in [0, 0.1) is 5.92 Å². The highest BCUT2D eigenvalue weighted by molar-refractivity contribution is 7.89. The zero-order valence-corrected chi connectivity index (χ0v) is 14.7. The van der Waals surface area contributed by atoms with Crippen molar-refractivity contribution in [1.82, 2.24) is 9.62 Å². The van der Waals surface area contributed by atoms with Gasteiger partial charge in [0.2, 0.25) is 15.9 Å². The van der Waals surface area contributed by atoms with Crippen LogP contribution in [-0.4, -0.2) is 49.9 Å². The number of benzene rings is 1. The summed E-state index contributed by atoms with van der Waals surface area (Å²) in [4.78, 5) is 22.6. The number of hydrogen-bond donors (Lipinski definition) is 2. The number of carbonyl (C=O) groups excluding carboxylic acids is 1. The normalized spacial score (nSPS) is 18.4. The highest BCUT2D eigenvalue weighted by Gasteiger charge is 2.39. The number of alkyl halides is 3. The van der Waals surface area contributed by atoms with Gasteiger partial charge in [-0.25, -0.2) is 13.1 Å². The highest BCUT2D eigenvalue weighted by atomic mass is 35.5. The van der Waals surface area contributed by atoms with Crippen molar-refractivity contribution in [2.45, 2.75) is 17.5 Å². The second kappa shape index (κ2) is 7.41. The molecule has 1 atom stereocenters. The Kier molecular flexibility index (Phi) is 5.83. The molecule has 0 aliphatic carbocycles. The molecule has 1 saturated heterocycles. The third kappa shape index (κ3) is 4.46. The summed E-state index contributed by atoms with van der Waals surface area (Å²) in [7, 11) is -4.60. The molecule has 7 nitrogen and oxygen atoms in total. The van der Waals surface area contributed by atoms with Crippen LogP contribution in [0.3, 0.4) is 0 Å². The van der Waals surface area contributed by atoms with Crippen molar-refractivity contribution >= 4 is 33.5 Å². The minimum absolute atomic E-state index is 0.0875. The summed E-state index contributed by atoms with van der Waals surface area (Å²) in [6.07, 6.45) is -5.13. The predicted octanol–water partition coefficient (Wildman–Crippen LogP) is 1.57. The van der Waals surface area contributed by atoms with E-state index in [1.807, 2.05) is 4.72 Å². The maximum absolute atomic E-state index is 13.0. The maximum Gasteiger partial charge on any atom is 0.417 e. The Morgan fingerprint density at radius 3 is 2.58 bits per heavy atom. The molecule has 1 unspecified atom stereocenters. The molecule has 1 aromatic rings. The third-order valence-electron chi connectivity index (χ3n) is 3.78. The summed E-state index contributed by atoms with van der Waals surface area (Å²) in [5.41, 5.74) is -1.40. The van der Waals surface area contributed by atoms with Crippen LogP contribution in [0.5, 0.6) is 0 Å². The molecular formula is C14H14ClF3N2O5S. The molecule has 1 amide bonds. The summed E-state index contributed by atoms with van der Waals surface area (Å²) >= 11 is 5.65. The van der Waals surface area contributed by atoms with Gasteiger partial charge in [0, 0.05) is 26.1 Å². The average Bonchev–Trinajstić information content (AvgIpc) is 2.87. The minimum Gasteiger partial charge on any atom is -0.481 e. The van der Waals surface area contributed by atoms with Crippen LogP contribution < -0.4 is 4.72 Å². The lowest BCUT2D eigenvalue weighted by Gasteiger charge is -2.18. The molecule has 2 rings (SSSR count). The van der Waals surface area contributed by atoms with E-state index in [2.05, 4.69) is 0 Å². The van der Waals surface area contributed by atoms with Crippen molar-refractivity contribution in [3.63, 3.8) is 0 Å². The summed E-state index contributed by atoms with van der Waals surface area (Å²) < 4.78 is 65.6. The Balaban J connectivity index is 2.11. The van der Waals surface area contributed by atoms with Crippen molar-refractivity contribution in [2.24, 2.45) is 5.92 Å². The predicted molar refractivity (Wildman–Crippen MR) is 84.0 cm³/mol. The largest absolute Gasteiger partial charge is 0.481 e. The van der Waals surface area contributed by atoms with Crippen LogP contribution >= 0.6 is 11.6 Å². The third-order valence-corrected chi connectivity index (χ3v) is 5.77. The Morgan fingerprint density at radius 2 is 2.04 bits per heavy atom. The first kappa shape index (κ1) is 20.5. The molecule has 0 radical (unpaired) electrons. The van der Waals surface area contributed by atoms with Crippen LogP contribution in [0.2, 0.25) is 5.02 Å². The molecule has 0 bridgehead atoms. The van der Waals surface area contributed by atoms with E-state index in [1.165, 1.54) is 0 Å². The number of carboxylic acids is 1. The van der Waals surface area contributed by atoms with Gasteiger partial charge in [0.1, 0.15) is 4.90 Å². The van der Waals surface area contributed by atoms with Gasteiger partial charge in [-0.3, -0.25) is 9.59 Å². The van der Waals surface area contributed by atoms with Crippen molar-refractivity contribution < 1.29 is 36.3 Å². The maximum atomic E-state index is 13.0. The second-order valence-corrected chi connectivity index (χ2v) is 7.70. The van der Waals surface area contributed by atoms with E-state index in [9.17, 15) is 31.2 Å². The Labute approximate surface area is 151 Å². The van der Waals surface area contributed by atoms with Gasteiger partial charge in [-0.05, 0) is 12.1 Å².